The molecule has 7 nitrogen and oxygen atoms in total. The molecule has 1 atom stereocenters. The summed E-state index contributed by atoms with van der Waals surface area (Å²) in [6.07, 6.45) is 8.19. The summed E-state index contributed by atoms with van der Waals surface area (Å²) in [6, 6.07) is 2.07. The summed E-state index contributed by atoms with van der Waals surface area (Å²) in [5.41, 5.74) is 1.06. The number of amides is 1. The highest BCUT2D eigenvalue weighted by molar-refractivity contribution is 7.15. The van der Waals surface area contributed by atoms with E-state index in [9.17, 15) is 4.79 Å². The molecule has 1 unspecified atom stereocenters. The molecule has 4 heterocycles. The van der Waals surface area contributed by atoms with Crippen LogP contribution in [0.25, 0.3) is 0 Å². The fraction of sp³-hybridized carbons (Fsp3) is 0.619. The van der Waals surface area contributed by atoms with Gasteiger partial charge in [0.25, 0.3) is 0 Å². The van der Waals surface area contributed by atoms with Crippen molar-refractivity contribution in [2.45, 2.75) is 58.4 Å². The fourth-order valence-electron chi connectivity index (χ4n) is 4.26. The Kier molecular flexibility index (Phi) is 6.40. The number of hydrogen-bond acceptors (Lipinski definition) is 7. The maximum Gasteiger partial charge on any atom is 0.239 e. The molecule has 2 fully saturated rings. The average Bonchev–Trinajstić information content (AvgIpc) is 3.13. The third kappa shape index (κ3) is 5.30. The number of rotatable bonds is 5. The number of hydrogen-bond donors (Lipinski definition) is 2. The first kappa shape index (κ1) is 20.2. The Morgan fingerprint density at radius 3 is 2.76 bits per heavy atom. The average molecular weight is 415 g/mol. The summed E-state index contributed by atoms with van der Waals surface area (Å²) >= 11 is 1.62. The zero-order chi connectivity index (χ0) is 20.2. The van der Waals surface area contributed by atoms with Gasteiger partial charge >= 0.3 is 0 Å². The van der Waals surface area contributed by atoms with Crippen molar-refractivity contribution >= 4 is 28.2 Å². The van der Waals surface area contributed by atoms with Gasteiger partial charge in [0.05, 0.1) is 6.04 Å². The normalized spacial score (nSPS) is 20.6. The van der Waals surface area contributed by atoms with Gasteiger partial charge in [-0.25, -0.2) is 15.0 Å². The Morgan fingerprint density at radius 2 is 2.07 bits per heavy atom. The number of thiazole rings is 1. The predicted molar refractivity (Wildman–Crippen MR) is 116 cm³/mol. The van der Waals surface area contributed by atoms with Gasteiger partial charge in [-0.1, -0.05) is 6.42 Å². The van der Waals surface area contributed by atoms with Crippen molar-refractivity contribution in [3.63, 3.8) is 0 Å². The van der Waals surface area contributed by atoms with Gasteiger partial charge in [0.1, 0.15) is 11.6 Å². The molecule has 0 aromatic carbocycles. The number of carbonyl (C=O) groups is 1. The molecule has 2 aliphatic rings. The highest BCUT2D eigenvalue weighted by Gasteiger charge is 2.29. The quantitative estimate of drug-likeness (QED) is 0.782. The molecule has 0 aliphatic carbocycles. The molecular weight excluding hydrogens is 384 g/mol. The van der Waals surface area contributed by atoms with Crippen LogP contribution in [0.4, 0.5) is 10.9 Å². The largest absolute Gasteiger partial charge is 0.341 e. The van der Waals surface area contributed by atoms with Crippen LogP contribution < -0.4 is 10.6 Å². The van der Waals surface area contributed by atoms with Gasteiger partial charge < -0.3 is 15.5 Å². The smallest absolute Gasteiger partial charge is 0.239 e. The Labute approximate surface area is 176 Å². The Balaban J connectivity index is 1.32. The second kappa shape index (κ2) is 9.17. The zero-order valence-corrected chi connectivity index (χ0v) is 18.1. The number of piperidine rings is 2. The van der Waals surface area contributed by atoms with Crippen molar-refractivity contribution in [2.75, 3.05) is 25.0 Å². The molecule has 8 heteroatoms. The fourth-order valence-corrected chi connectivity index (χ4v) is 4.93. The SMILES string of the molecule is Cc1nc(CC2CCN(C(=O)C3CCCCN3)CC2)cc(Nc2ncc(C)s2)n1. The van der Waals surface area contributed by atoms with E-state index in [0.29, 0.717) is 11.8 Å². The third-order valence-corrected chi connectivity index (χ3v) is 6.61. The highest BCUT2D eigenvalue weighted by atomic mass is 32.1. The van der Waals surface area contributed by atoms with Gasteiger partial charge in [-0.2, -0.15) is 0 Å². The van der Waals surface area contributed by atoms with Gasteiger partial charge in [0.2, 0.25) is 5.91 Å². The summed E-state index contributed by atoms with van der Waals surface area (Å²) in [6.45, 7) is 6.66. The van der Waals surface area contributed by atoms with Crippen molar-refractivity contribution < 1.29 is 4.79 Å². The molecule has 2 aromatic rings. The first-order chi connectivity index (χ1) is 14.1. The van der Waals surface area contributed by atoms with Crippen LogP contribution in [0, 0.1) is 19.8 Å². The van der Waals surface area contributed by atoms with E-state index >= 15 is 0 Å². The van der Waals surface area contributed by atoms with Gasteiger partial charge in [0, 0.05) is 35.9 Å². The zero-order valence-electron chi connectivity index (χ0n) is 17.3. The van der Waals surface area contributed by atoms with Gasteiger partial charge in [0.15, 0.2) is 5.13 Å². The topological polar surface area (TPSA) is 83.0 Å². The number of nitrogens with zero attached hydrogens (tertiary/aromatic N) is 4. The number of nitrogens with one attached hydrogen (secondary N) is 2. The molecule has 2 N–H and O–H groups in total. The van der Waals surface area contributed by atoms with E-state index in [4.69, 9.17) is 0 Å². The van der Waals surface area contributed by atoms with Crippen LogP contribution in [0.1, 0.15) is 48.5 Å². The van der Waals surface area contributed by atoms with Crippen molar-refractivity contribution in [2.24, 2.45) is 5.92 Å². The maximum absolute atomic E-state index is 12.7. The van der Waals surface area contributed by atoms with Crippen molar-refractivity contribution in [3.05, 3.63) is 28.7 Å². The summed E-state index contributed by atoms with van der Waals surface area (Å²) in [7, 11) is 0. The number of aryl methyl sites for hydroxylation is 2. The molecule has 2 saturated heterocycles. The molecule has 0 radical (unpaired) electrons. The van der Waals surface area contributed by atoms with Gasteiger partial charge in [-0.15, -0.1) is 11.3 Å². The first-order valence-corrected chi connectivity index (χ1v) is 11.4. The van der Waals surface area contributed by atoms with E-state index in [-0.39, 0.29) is 6.04 Å². The molecule has 2 aromatic heterocycles. The van der Waals surface area contributed by atoms with Crippen molar-refractivity contribution in [1.29, 1.82) is 0 Å². The molecule has 29 heavy (non-hydrogen) atoms. The van der Waals surface area contributed by atoms with E-state index in [1.54, 1.807) is 11.3 Å². The lowest BCUT2D eigenvalue weighted by Crippen LogP contribution is -2.50. The van der Waals surface area contributed by atoms with Gasteiger partial charge in [-0.05, 0) is 58.4 Å². The minimum absolute atomic E-state index is 0.0351. The molecule has 4 rings (SSSR count). The second-order valence-corrected chi connectivity index (χ2v) is 9.40. The van der Waals surface area contributed by atoms with E-state index in [1.165, 1.54) is 11.3 Å². The minimum atomic E-state index is 0.0351. The lowest BCUT2D eigenvalue weighted by atomic mass is 9.91. The van der Waals surface area contributed by atoms with Gasteiger partial charge in [-0.3, -0.25) is 4.79 Å². The van der Waals surface area contributed by atoms with Crippen LogP contribution >= 0.6 is 11.3 Å². The molecule has 0 saturated carbocycles. The maximum atomic E-state index is 12.7. The Morgan fingerprint density at radius 1 is 1.24 bits per heavy atom. The lowest BCUT2D eigenvalue weighted by Gasteiger charge is -2.35. The molecule has 1 amide bonds. The predicted octanol–water partition coefficient (Wildman–Crippen LogP) is 3.22. The summed E-state index contributed by atoms with van der Waals surface area (Å²) in [5.74, 6) is 2.43. The molecule has 156 valence electrons. The Bertz CT molecular complexity index is 839. The third-order valence-electron chi connectivity index (χ3n) is 5.78. The second-order valence-electron chi connectivity index (χ2n) is 8.17. The monoisotopic (exact) mass is 414 g/mol. The van der Waals surface area contributed by atoms with E-state index in [0.717, 1.165) is 74.2 Å². The molecule has 0 spiro atoms. The number of likely N-dealkylation sites (tertiary alicyclic amines) is 1. The number of carbonyl (C=O) groups excluding carboxylic acids is 1. The summed E-state index contributed by atoms with van der Waals surface area (Å²) in [4.78, 5) is 29.4. The van der Waals surface area contributed by atoms with Crippen LogP contribution in [0.3, 0.4) is 0 Å². The lowest BCUT2D eigenvalue weighted by molar-refractivity contribution is -0.135. The van der Waals surface area contributed by atoms with Crippen LogP contribution in [0.2, 0.25) is 0 Å². The first-order valence-electron chi connectivity index (χ1n) is 10.6. The van der Waals surface area contributed by atoms with Crippen LogP contribution in [0.15, 0.2) is 12.3 Å². The van der Waals surface area contributed by atoms with Crippen molar-refractivity contribution in [3.8, 4) is 0 Å². The standard InChI is InChI=1S/C21H30N6OS/c1-14-13-23-21(29-14)26-19-12-17(24-15(2)25-19)11-16-6-9-27(10-7-16)20(28)18-5-3-4-8-22-18/h12-13,16,18,22H,3-11H2,1-2H3,(H,23,24,25,26). The molecule has 0 bridgehead atoms. The highest BCUT2D eigenvalue weighted by Crippen LogP contribution is 2.25. The van der Waals surface area contributed by atoms with E-state index in [2.05, 4.69) is 30.5 Å². The van der Waals surface area contributed by atoms with E-state index in [1.807, 2.05) is 26.1 Å². The number of anilines is 2. The molecule has 2 aliphatic heterocycles. The van der Waals surface area contributed by atoms with Crippen LogP contribution in [-0.2, 0) is 11.2 Å². The van der Waals surface area contributed by atoms with Crippen LogP contribution in [-0.4, -0.2) is 51.4 Å². The van der Waals surface area contributed by atoms with Crippen LogP contribution in [0.5, 0.6) is 0 Å². The minimum Gasteiger partial charge on any atom is -0.341 e. The number of aromatic nitrogens is 3. The Hall–Kier alpha value is -2.06. The molecular formula is C21H30N6OS. The van der Waals surface area contributed by atoms with Crippen molar-refractivity contribution in [1.82, 2.24) is 25.2 Å². The summed E-state index contributed by atoms with van der Waals surface area (Å²) in [5, 5.41) is 7.54. The summed E-state index contributed by atoms with van der Waals surface area (Å²) < 4.78 is 0. The van der Waals surface area contributed by atoms with E-state index < -0.39 is 0 Å².